The maximum absolute atomic E-state index is 11.7. The first-order chi connectivity index (χ1) is 9.11. The topological polar surface area (TPSA) is 38.8 Å². The predicted octanol–water partition coefficient (Wildman–Crippen LogP) is 1.68. The van der Waals surface area contributed by atoms with Gasteiger partial charge in [-0.15, -0.1) is 0 Å². The largest absolute Gasteiger partial charge is 0.468 e. The van der Waals surface area contributed by atoms with Gasteiger partial charge in [0.1, 0.15) is 6.04 Å². The maximum Gasteiger partial charge on any atom is 0.325 e. The molecule has 104 valence electrons. The van der Waals surface area contributed by atoms with E-state index in [2.05, 4.69) is 36.9 Å². The Hall–Kier alpha value is -1.39. The molecule has 1 aromatic rings. The van der Waals surface area contributed by atoms with Gasteiger partial charge in [0.2, 0.25) is 0 Å². The number of nitrogens with zero attached hydrogens (tertiary/aromatic N) is 1. The summed E-state index contributed by atoms with van der Waals surface area (Å²) < 4.78 is 10.2. The molecule has 0 aliphatic carbocycles. The number of carbonyl (C=O) groups is 1. The van der Waals surface area contributed by atoms with Gasteiger partial charge in [-0.05, 0) is 30.5 Å². The lowest BCUT2D eigenvalue weighted by Crippen LogP contribution is -2.49. The number of carbonyl (C=O) groups excluding carboxylic acids is 1. The third kappa shape index (κ3) is 3.33. The van der Waals surface area contributed by atoms with Crippen molar-refractivity contribution in [2.45, 2.75) is 26.4 Å². The molecule has 1 heterocycles. The van der Waals surface area contributed by atoms with Crippen molar-refractivity contribution in [1.29, 1.82) is 0 Å². The van der Waals surface area contributed by atoms with Crippen LogP contribution in [-0.2, 0) is 20.8 Å². The SMILES string of the molecule is COC(=O)C1COCCN1Cc1ccc(C)c(C)c1. The normalized spacial score (nSPS) is 20.3. The highest BCUT2D eigenvalue weighted by atomic mass is 16.5. The molecule has 4 nitrogen and oxygen atoms in total. The summed E-state index contributed by atoms with van der Waals surface area (Å²) in [5, 5.41) is 0. The molecule has 0 radical (unpaired) electrons. The number of ether oxygens (including phenoxy) is 2. The van der Waals surface area contributed by atoms with Crippen LogP contribution in [0.1, 0.15) is 16.7 Å². The van der Waals surface area contributed by atoms with Crippen LogP contribution in [0.3, 0.4) is 0 Å². The molecule has 0 saturated carbocycles. The predicted molar refractivity (Wildman–Crippen MR) is 72.9 cm³/mol. The lowest BCUT2D eigenvalue weighted by molar-refractivity contribution is -0.153. The molecule has 2 rings (SSSR count). The molecule has 19 heavy (non-hydrogen) atoms. The van der Waals surface area contributed by atoms with Crippen molar-refractivity contribution in [3.63, 3.8) is 0 Å². The van der Waals surface area contributed by atoms with Gasteiger partial charge in [-0.2, -0.15) is 0 Å². The number of rotatable bonds is 3. The van der Waals surface area contributed by atoms with Crippen LogP contribution in [0.4, 0.5) is 0 Å². The number of esters is 1. The fourth-order valence-electron chi connectivity index (χ4n) is 2.32. The summed E-state index contributed by atoms with van der Waals surface area (Å²) in [5.41, 5.74) is 3.79. The van der Waals surface area contributed by atoms with E-state index in [0.29, 0.717) is 13.2 Å². The number of methoxy groups -OCH3 is 1. The number of hydrogen-bond acceptors (Lipinski definition) is 4. The van der Waals surface area contributed by atoms with Gasteiger partial charge in [0.15, 0.2) is 0 Å². The molecule has 1 fully saturated rings. The van der Waals surface area contributed by atoms with Gasteiger partial charge < -0.3 is 9.47 Å². The first kappa shape index (κ1) is 14.0. The third-order valence-electron chi connectivity index (χ3n) is 3.67. The fourth-order valence-corrected chi connectivity index (χ4v) is 2.32. The zero-order valence-electron chi connectivity index (χ0n) is 11.8. The Morgan fingerprint density at radius 2 is 2.21 bits per heavy atom. The average Bonchev–Trinajstić information content (AvgIpc) is 2.43. The highest BCUT2D eigenvalue weighted by Gasteiger charge is 2.30. The van der Waals surface area contributed by atoms with Crippen LogP contribution >= 0.6 is 0 Å². The van der Waals surface area contributed by atoms with Crippen molar-refractivity contribution in [1.82, 2.24) is 4.90 Å². The second-order valence-corrected chi connectivity index (χ2v) is 5.00. The second kappa shape index (κ2) is 6.17. The van der Waals surface area contributed by atoms with Crippen LogP contribution in [-0.4, -0.2) is 43.8 Å². The Kier molecular flexibility index (Phi) is 4.56. The molecular weight excluding hydrogens is 242 g/mol. The van der Waals surface area contributed by atoms with E-state index in [1.54, 1.807) is 0 Å². The van der Waals surface area contributed by atoms with Crippen molar-refractivity contribution >= 4 is 5.97 Å². The second-order valence-electron chi connectivity index (χ2n) is 5.00. The first-order valence-corrected chi connectivity index (χ1v) is 6.57. The van der Waals surface area contributed by atoms with Crippen molar-refractivity contribution < 1.29 is 14.3 Å². The molecule has 1 saturated heterocycles. The fraction of sp³-hybridized carbons (Fsp3) is 0.533. The lowest BCUT2D eigenvalue weighted by Gasteiger charge is -2.33. The Bertz CT molecular complexity index is 459. The summed E-state index contributed by atoms with van der Waals surface area (Å²) in [5.74, 6) is -0.219. The minimum Gasteiger partial charge on any atom is -0.468 e. The molecule has 4 heteroatoms. The van der Waals surface area contributed by atoms with Crippen LogP contribution in [0.2, 0.25) is 0 Å². The van der Waals surface area contributed by atoms with Crippen molar-refractivity contribution in [2.24, 2.45) is 0 Å². The van der Waals surface area contributed by atoms with Gasteiger partial charge >= 0.3 is 5.97 Å². The van der Waals surface area contributed by atoms with Gasteiger partial charge in [0.05, 0.1) is 20.3 Å². The van der Waals surface area contributed by atoms with Gasteiger partial charge in [-0.3, -0.25) is 9.69 Å². The lowest BCUT2D eigenvalue weighted by atomic mass is 10.1. The first-order valence-electron chi connectivity index (χ1n) is 6.57. The van der Waals surface area contributed by atoms with E-state index in [-0.39, 0.29) is 12.0 Å². The number of hydrogen-bond donors (Lipinski definition) is 0. The zero-order chi connectivity index (χ0) is 13.8. The van der Waals surface area contributed by atoms with E-state index < -0.39 is 0 Å². The summed E-state index contributed by atoms with van der Waals surface area (Å²) in [6, 6.07) is 6.13. The Morgan fingerprint density at radius 1 is 1.42 bits per heavy atom. The molecule has 1 aliphatic heterocycles. The Labute approximate surface area is 114 Å². The van der Waals surface area contributed by atoms with Crippen LogP contribution in [0.25, 0.3) is 0 Å². The van der Waals surface area contributed by atoms with E-state index in [0.717, 1.165) is 13.1 Å². The van der Waals surface area contributed by atoms with Gasteiger partial charge in [-0.25, -0.2) is 0 Å². The van der Waals surface area contributed by atoms with E-state index in [1.807, 2.05) is 0 Å². The molecule has 1 atom stereocenters. The van der Waals surface area contributed by atoms with E-state index in [9.17, 15) is 4.79 Å². The summed E-state index contributed by atoms with van der Waals surface area (Å²) >= 11 is 0. The Balaban J connectivity index is 2.10. The molecular formula is C15H21NO3. The highest BCUT2D eigenvalue weighted by Crippen LogP contribution is 2.16. The highest BCUT2D eigenvalue weighted by molar-refractivity contribution is 5.75. The van der Waals surface area contributed by atoms with Crippen LogP contribution < -0.4 is 0 Å². The third-order valence-corrected chi connectivity index (χ3v) is 3.67. The average molecular weight is 263 g/mol. The smallest absolute Gasteiger partial charge is 0.325 e. The molecule has 1 aliphatic rings. The number of morpholine rings is 1. The monoisotopic (exact) mass is 263 g/mol. The van der Waals surface area contributed by atoms with Crippen LogP contribution in [0.15, 0.2) is 18.2 Å². The minimum atomic E-state index is -0.291. The maximum atomic E-state index is 11.7. The van der Waals surface area contributed by atoms with Gasteiger partial charge in [0.25, 0.3) is 0 Å². The molecule has 1 aromatic carbocycles. The molecule has 0 amide bonds. The molecule has 1 unspecified atom stereocenters. The van der Waals surface area contributed by atoms with E-state index >= 15 is 0 Å². The quantitative estimate of drug-likeness (QED) is 0.778. The van der Waals surface area contributed by atoms with Gasteiger partial charge in [0, 0.05) is 13.1 Å². The summed E-state index contributed by atoms with van der Waals surface area (Å²) in [7, 11) is 1.42. The Morgan fingerprint density at radius 3 is 2.89 bits per heavy atom. The zero-order valence-corrected chi connectivity index (χ0v) is 11.8. The van der Waals surface area contributed by atoms with Crippen LogP contribution in [0.5, 0.6) is 0 Å². The molecule has 0 spiro atoms. The van der Waals surface area contributed by atoms with Crippen molar-refractivity contribution in [3.05, 3.63) is 34.9 Å². The number of benzene rings is 1. The van der Waals surface area contributed by atoms with E-state index in [1.165, 1.54) is 23.8 Å². The van der Waals surface area contributed by atoms with Crippen molar-refractivity contribution in [3.8, 4) is 0 Å². The van der Waals surface area contributed by atoms with Gasteiger partial charge in [-0.1, -0.05) is 18.2 Å². The summed E-state index contributed by atoms with van der Waals surface area (Å²) in [6.07, 6.45) is 0. The van der Waals surface area contributed by atoms with E-state index in [4.69, 9.17) is 9.47 Å². The molecule has 0 bridgehead atoms. The summed E-state index contributed by atoms with van der Waals surface area (Å²) in [6.45, 7) is 6.80. The van der Waals surface area contributed by atoms with Crippen molar-refractivity contribution in [2.75, 3.05) is 26.9 Å². The standard InChI is InChI=1S/C15H21NO3/c1-11-4-5-13(8-12(11)2)9-16-6-7-19-10-14(16)15(17)18-3/h4-5,8,14H,6-7,9-10H2,1-3H3. The molecule has 0 aromatic heterocycles. The summed E-state index contributed by atoms with van der Waals surface area (Å²) in [4.78, 5) is 13.9. The molecule has 0 N–H and O–H groups in total. The number of aryl methyl sites for hydroxylation is 2. The van der Waals surface area contributed by atoms with Crippen LogP contribution in [0, 0.1) is 13.8 Å². The minimum absolute atomic E-state index is 0.219.